The first-order chi connectivity index (χ1) is 18.5. The van der Waals surface area contributed by atoms with Crippen LogP contribution in [0.2, 0.25) is 0 Å². The first-order valence-electron chi connectivity index (χ1n) is 13.0. The third-order valence-corrected chi connectivity index (χ3v) is 11.0. The maximum atomic E-state index is 13.6. The zero-order chi connectivity index (χ0) is 28.3. The fourth-order valence-corrected chi connectivity index (χ4v) is 7.63. The average Bonchev–Trinajstić information content (AvgIpc) is 2.88. The van der Waals surface area contributed by atoms with Crippen molar-refractivity contribution >= 4 is 59.7 Å². The lowest BCUT2D eigenvalue weighted by Crippen LogP contribution is -2.34. The van der Waals surface area contributed by atoms with Crippen LogP contribution in [-0.2, 0) is 24.8 Å². The molecule has 0 atom stereocenters. The van der Waals surface area contributed by atoms with E-state index in [2.05, 4.69) is 10.0 Å². The topological polar surface area (TPSA) is 113 Å². The normalized spacial score (nSPS) is 15.9. The Hall–Kier alpha value is -2.66. The number of rotatable bonds is 8. The molecule has 1 aliphatic heterocycles. The van der Waals surface area contributed by atoms with Crippen LogP contribution in [0.15, 0.2) is 70.5 Å². The minimum absolute atomic E-state index is 0.0223. The Morgan fingerprint density at radius 3 is 1.90 bits per heavy atom. The van der Waals surface area contributed by atoms with E-state index >= 15 is 0 Å². The van der Waals surface area contributed by atoms with E-state index in [1.807, 2.05) is 0 Å². The molecule has 4 rings (SSSR count). The van der Waals surface area contributed by atoms with Gasteiger partial charge < -0.3 is 5.32 Å². The maximum Gasteiger partial charge on any atom is 0.262 e. The van der Waals surface area contributed by atoms with E-state index < -0.39 is 25.5 Å². The molecule has 210 valence electrons. The Labute approximate surface area is 235 Å². The van der Waals surface area contributed by atoms with Gasteiger partial charge in [0.05, 0.1) is 15.2 Å². The molecular formula is C28H34ClN3O5S2. The molecule has 0 radical (unpaired) electrons. The molecule has 1 heterocycles. The first-order valence-corrected chi connectivity index (χ1v) is 16.4. The summed E-state index contributed by atoms with van der Waals surface area (Å²) in [5.74, 6) is -0.0916. The molecule has 3 aromatic rings. The number of alkyl halides is 1. The predicted octanol–water partition coefficient (Wildman–Crippen LogP) is 5.80. The summed E-state index contributed by atoms with van der Waals surface area (Å²) >= 11 is 5.87. The van der Waals surface area contributed by atoms with E-state index in [1.54, 1.807) is 68.4 Å². The van der Waals surface area contributed by atoms with Gasteiger partial charge in [-0.05, 0) is 63.1 Å². The van der Waals surface area contributed by atoms with Crippen LogP contribution in [0.4, 0.5) is 11.4 Å². The Balaban J connectivity index is 1.62. The Kier molecular flexibility index (Phi) is 8.90. The largest absolute Gasteiger partial charge is 0.326 e. The molecule has 0 saturated carbocycles. The lowest BCUT2D eigenvalue weighted by atomic mass is 9.95. The van der Waals surface area contributed by atoms with E-state index in [9.17, 15) is 21.6 Å². The second-order valence-corrected chi connectivity index (χ2v) is 14.3. The van der Waals surface area contributed by atoms with Crippen LogP contribution in [0.5, 0.6) is 0 Å². The van der Waals surface area contributed by atoms with Crippen molar-refractivity contribution in [1.29, 1.82) is 0 Å². The molecule has 1 aliphatic rings. The van der Waals surface area contributed by atoms with Gasteiger partial charge in [0.15, 0.2) is 0 Å². The van der Waals surface area contributed by atoms with E-state index in [-0.39, 0.29) is 21.6 Å². The van der Waals surface area contributed by atoms with Gasteiger partial charge in [-0.1, -0.05) is 43.5 Å². The SMILES string of the molecule is CC(C)(CCl)C(=O)Nc1ccc(NS(=O)(=O)c2cccc3c(S(=O)(=O)N4CCCCCCC4)cccc23)cc1. The van der Waals surface area contributed by atoms with E-state index in [0.717, 1.165) is 32.1 Å². The highest BCUT2D eigenvalue weighted by molar-refractivity contribution is 7.93. The van der Waals surface area contributed by atoms with Crippen molar-refractivity contribution in [3.63, 3.8) is 0 Å². The van der Waals surface area contributed by atoms with Crippen molar-refractivity contribution in [3.05, 3.63) is 60.7 Å². The van der Waals surface area contributed by atoms with Gasteiger partial charge in [-0.2, -0.15) is 4.31 Å². The fourth-order valence-electron chi connectivity index (χ4n) is 4.50. The zero-order valence-corrected chi connectivity index (χ0v) is 24.5. The number of benzene rings is 3. The molecule has 2 N–H and O–H groups in total. The quantitative estimate of drug-likeness (QED) is 0.322. The van der Waals surface area contributed by atoms with Crippen LogP contribution in [0.1, 0.15) is 46.0 Å². The van der Waals surface area contributed by atoms with Crippen LogP contribution in [0.25, 0.3) is 10.8 Å². The van der Waals surface area contributed by atoms with Crippen molar-refractivity contribution in [3.8, 4) is 0 Å². The molecule has 1 amide bonds. The molecule has 0 spiro atoms. The van der Waals surface area contributed by atoms with Gasteiger partial charge in [0.1, 0.15) is 0 Å². The maximum absolute atomic E-state index is 13.6. The monoisotopic (exact) mass is 591 g/mol. The second kappa shape index (κ2) is 11.8. The Morgan fingerprint density at radius 1 is 0.795 bits per heavy atom. The third kappa shape index (κ3) is 6.57. The third-order valence-electron chi connectivity index (χ3n) is 6.91. The molecule has 1 saturated heterocycles. The highest BCUT2D eigenvalue weighted by Gasteiger charge is 2.28. The van der Waals surface area contributed by atoms with Gasteiger partial charge in [0.2, 0.25) is 15.9 Å². The van der Waals surface area contributed by atoms with Crippen LogP contribution in [0, 0.1) is 5.41 Å². The lowest BCUT2D eigenvalue weighted by Gasteiger charge is -2.25. The van der Waals surface area contributed by atoms with Crippen LogP contribution >= 0.6 is 11.6 Å². The molecule has 8 nitrogen and oxygen atoms in total. The molecule has 1 fully saturated rings. The standard InChI is InChI=1S/C28H34ClN3O5S2/c1-28(2,20-29)27(33)30-21-14-16-22(17-15-21)31-38(34,35)25-12-8-11-24-23(25)10-9-13-26(24)39(36,37)32-18-6-4-3-5-7-19-32/h8-17,31H,3-7,18-20H2,1-2H3,(H,30,33). The van der Waals surface area contributed by atoms with Crippen LogP contribution in [-0.4, -0.2) is 46.0 Å². The second-order valence-electron chi connectivity index (χ2n) is 10.4. The van der Waals surface area contributed by atoms with Crippen molar-refractivity contribution < 1.29 is 21.6 Å². The summed E-state index contributed by atoms with van der Waals surface area (Å²) in [5.41, 5.74) is 0.0473. The number of carbonyl (C=O) groups is 1. The minimum Gasteiger partial charge on any atom is -0.326 e. The minimum atomic E-state index is -4.06. The summed E-state index contributed by atoms with van der Waals surface area (Å²) in [6, 6.07) is 15.7. The number of anilines is 2. The number of carbonyl (C=O) groups excluding carboxylic acids is 1. The number of hydrogen-bond donors (Lipinski definition) is 2. The Bertz CT molecular complexity index is 1550. The van der Waals surface area contributed by atoms with Crippen molar-refractivity contribution in [2.45, 2.75) is 55.7 Å². The van der Waals surface area contributed by atoms with E-state index in [0.29, 0.717) is 35.2 Å². The number of fused-ring (bicyclic) bond motifs is 1. The number of amides is 1. The first kappa shape index (κ1) is 29.3. The molecule has 0 aliphatic carbocycles. The van der Waals surface area contributed by atoms with Crippen molar-refractivity contribution in [2.24, 2.45) is 5.41 Å². The van der Waals surface area contributed by atoms with E-state index in [4.69, 9.17) is 11.6 Å². The van der Waals surface area contributed by atoms with Crippen molar-refractivity contribution in [1.82, 2.24) is 4.31 Å². The van der Waals surface area contributed by atoms with Gasteiger partial charge in [0.25, 0.3) is 10.0 Å². The van der Waals surface area contributed by atoms with Gasteiger partial charge in [0, 0.05) is 41.1 Å². The highest BCUT2D eigenvalue weighted by Crippen LogP contribution is 2.32. The number of hydrogen-bond acceptors (Lipinski definition) is 5. The predicted molar refractivity (Wildman–Crippen MR) is 156 cm³/mol. The summed E-state index contributed by atoms with van der Waals surface area (Å²) in [6.07, 6.45) is 4.71. The number of nitrogens with zero attached hydrogens (tertiary/aromatic N) is 1. The van der Waals surface area contributed by atoms with Gasteiger partial charge in [-0.25, -0.2) is 16.8 Å². The van der Waals surface area contributed by atoms with Gasteiger partial charge in [-0.15, -0.1) is 11.6 Å². The number of halogens is 1. The molecule has 11 heteroatoms. The number of nitrogens with one attached hydrogen (secondary N) is 2. The lowest BCUT2D eigenvalue weighted by molar-refractivity contribution is -0.122. The summed E-state index contributed by atoms with van der Waals surface area (Å²) < 4.78 is 58.2. The summed E-state index contributed by atoms with van der Waals surface area (Å²) in [5, 5.41) is 3.46. The Morgan fingerprint density at radius 2 is 1.31 bits per heavy atom. The molecule has 0 unspecified atom stereocenters. The highest BCUT2D eigenvalue weighted by atomic mass is 35.5. The average molecular weight is 592 g/mol. The molecular weight excluding hydrogens is 558 g/mol. The zero-order valence-electron chi connectivity index (χ0n) is 22.1. The summed E-state index contributed by atoms with van der Waals surface area (Å²) in [4.78, 5) is 12.5. The van der Waals surface area contributed by atoms with Crippen LogP contribution in [0.3, 0.4) is 0 Å². The molecule has 39 heavy (non-hydrogen) atoms. The number of sulfonamides is 2. The smallest absolute Gasteiger partial charge is 0.262 e. The van der Waals surface area contributed by atoms with Crippen LogP contribution < -0.4 is 10.0 Å². The summed E-state index contributed by atoms with van der Waals surface area (Å²) in [6.45, 7) is 4.37. The molecule has 0 bridgehead atoms. The van der Waals surface area contributed by atoms with Crippen molar-refractivity contribution in [2.75, 3.05) is 29.0 Å². The molecule has 3 aromatic carbocycles. The summed E-state index contributed by atoms with van der Waals surface area (Å²) in [7, 11) is -7.87. The van der Waals surface area contributed by atoms with E-state index in [1.165, 1.54) is 10.4 Å². The fraction of sp³-hybridized carbons (Fsp3) is 0.393. The van der Waals surface area contributed by atoms with Gasteiger partial charge in [-0.3, -0.25) is 9.52 Å². The molecule has 0 aromatic heterocycles. The van der Waals surface area contributed by atoms with Gasteiger partial charge >= 0.3 is 0 Å².